The minimum Gasteiger partial charge on any atom is -0.497 e. The third kappa shape index (κ3) is 3.71. The molecule has 20 heavy (non-hydrogen) atoms. The standard InChI is InChI=1S/C13H18N2O4S/c1-9(13(16)14-10-3-4-10)15-20(17,18)12-7-5-11(19-2)6-8-12/h5-10,15H,3-4H2,1-2H3,(H,14,16)/t9-/m1/s1. The normalized spacial score (nSPS) is 16.5. The van der Waals surface area contributed by atoms with E-state index in [9.17, 15) is 13.2 Å². The molecule has 2 rings (SSSR count). The van der Waals surface area contributed by atoms with Gasteiger partial charge in [-0.05, 0) is 44.0 Å². The summed E-state index contributed by atoms with van der Waals surface area (Å²) in [7, 11) is -2.21. The lowest BCUT2D eigenvalue weighted by Gasteiger charge is -2.14. The van der Waals surface area contributed by atoms with Gasteiger partial charge in [0.15, 0.2) is 0 Å². The van der Waals surface area contributed by atoms with Gasteiger partial charge in [0.1, 0.15) is 5.75 Å². The highest BCUT2D eigenvalue weighted by atomic mass is 32.2. The van der Waals surface area contributed by atoms with Gasteiger partial charge in [0.05, 0.1) is 18.0 Å². The van der Waals surface area contributed by atoms with Crippen molar-refractivity contribution in [2.24, 2.45) is 0 Å². The molecule has 1 saturated carbocycles. The lowest BCUT2D eigenvalue weighted by molar-refractivity contribution is -0.122. The van der Waals surface area contributed by atoms with Crippen LogP contribution in [0.25, 0.3) is 0 Å². The van der Waals surface area contributed by atoms with Gasteiger partial charge in [-0.3, -0.25) is 4.79 Å². The Bertz CT molecular complexity index is 579. The quantitative estimate of drug-likeness (QED) is 0.807. The smallest absolute Gasteiger partial charge is 0.241 e. The van der Waals surface area contributed by atoms with Gasteiger partial charge in [-0.25, -0.2) is 8.42 Å². The van der Waals surface area contributed by atoms with Crippen molar-refractivity contribution in [1.29, 1.82) is 0 Å². The Hall–Kier alpha value is -1.60. The second-order valence-corrected chi connectivity index (χ2v) is 6.52. The van der Waals surface area contributed by atoms with Crippen LogP contribution in [0.1, 0.15) is 19.8 Å². The Morgan fingerprint density at radius 2 is 1.90 bits per heavy atom. The molecule has 1 aromatic rings. The maximum absolute atomic E-state index is 12.1. The van der Waals surface area contributed by atoms with Crippen LogP contribution >= 0.6 is 0 Å². The van der Waals surface area contributed by atoms with E-state index in [0.717, 1.165) is 12.8 Å². The Kier molecular flexibility index (Phi) is 4.29. The molecule has 0 spiro atoms. The summed E-state index contributed by atoms with van der Waals surface area (Å²) in [5, 5.41) is 2.76. The number of hydrogen-bond donors (Lipinski definition) is 2. The van der Waals surface area contributed by atoms with Crippen LogP contribution in [0.3, 0.4) is 0 Å². The largest absolute Gasteiger partial charge is 0.497 e. The molecule has 1 atom stereocenters. The van der Waals surface area contributed by atoms with E-state index in [1.54, 1.807) is 12.1 Å². The minimum atomic E-state index is -3.71. The van der Waals surface area contributed by atoms with Crippen molar-refractivity contribution in [3.63, 3.8) is 0 Å². The number of sulfonamides is 1. The number of methoxy groups -OCH3 is 1. The number of hydrogen-bond acceptors (Lipinski definition) is 4. The van der Waals surface area contributed by atoms with E-state index in [2.05, 4.69) is 10.0 Å². The summed E-state index contributed by atoms with van der Waals surface area (Å²) in [5.74, 6) is 0.271. The molecular formula is C13H18N2O4S. The molecule has 0 bridgehead atoms. The maximum Gasteiger partial charge on any atom is 0.241 e. The highest BCUT2D eigenvalue weighted by molar-refractivity contribution is 7.89. The van der Waals surface area contributed by atoms with Gasteiger partial charge in [0.25, 0.3) is 0 Å². The van der Waals surface area contributed by atoms with Crippen LogP contribution in [0.4, 0.5) is 0 Å². The highest BCUT2D eigenvalue weighted by Gasteiger charge is 2.28. The van der Waals surface area contributed by atoms with E-state index in [-0.39, 0.29) is 16.8 Å². The van der Waals surface area contributed by atoms with Crippen LogP contribution in [-0.4, -0.2) is 33.5 Å². The third-order valence-electron chi connectivity index (χ3n) is 3.02. The Morgan fingerprint density at radius 1 is 1.30 bits per heavy atom. The average Bonchev–Trinajstić information content (AvgIpc) is 3.22. The number of rotatable bonds is 6. The number of amides is 1. The molecule has 0 radical (unpaired) electrons. The molecule has 110 valence electrons. The topological polar surface area (TPSA) is 84.5 Å². The molecule has 1 aliphatic rings. The van der Waals surface area contributed by atoms with E-state index in [4.69, 9.17) is 4.74 Å². The van der Waals surface area contributed by atoms with Crippen molar-refractivity contribution in [3.05, 3.63) is 24.3 Å². The van der Waals surface area contributed by atoms with Crippen LogP contribution in [0.2, 0.25) is 0 Å². The predicted octanol–water partition coefficient (Wildman–Crippen LogP) is 0.641. The zero-order valence-electron chi connectivity index (χ0n) is 11.4. The second kappa shape index (κ2) is 5.80. The van der Waals surface area contributed by atoms with Crippen LogP contribution in [0, 0.1) is 0 Å². The van der Waals surface area contributed by atoms with Crippen molar-refractivity contribution in [2.75, 3.05) is 7.11 Å². The fourth-order valence-electron chi connectivity index (χ4n) is 1.66. The number of benzene rings is 1. The minimum absolute atomic E-state index is 0.101. The zero-order valence-corrected chi connectivity index (χ0v) is 12.2. The SMILES string of the molecule is COc1ccc(S(=O)(=O)N[C@H](C)C(=O)NC2CC2)cc1. The first kappa shape index (κ1) is 14.8. The predicted molar refractivity (Wildman–Crippen MR) is 73.9 cm³/mol. The van der Waals surface area contributed by atoms with Crippen molar-refractivity contribution >= 4 is 15.9 Å². The van der Waals surface area contributed by atoms with E-state index in [1.807, 2.05) is 0 Å². The molecule has 0 aromatic heterocycles. The first-order chi connectivity index (χ1) is 9.42. The monoisotopic (exact) mass is 298 g/mol. The van der Waals surface area contributed by atoms with Gasteiger partial charge in [0.2, 0.25) is 15.9 Å². The van der Waals surface area contributed by atoms with Gasteiger partial charge in [-0.1, -0.05) is 0 Å². The summed E-state index contributed by atoms with van der Waals surface area (Å²) in [6, 6.07) is 5.39. The molecule has 0 unspecified atom stereocenters. The van der Waals surface area contributed by atoms with Crippen molar-refractivity contribution < 1.29 is 17.9 Å². The fraction of sp³-hybridized carbons (Fsp3) is 0.462. The van der Waals surface area contributed by atoms with Crippen LogP contribution in [0.15, 0.2) is 29.2 Å². The van der Waals surface area contributed by atoms with Gasteiger partial charge < -0.3 is 10.1 Å². The molecule has 2 N–H and O–H groups in total. The Labute approximate surface area is 118 Å². The highest BCUT2D eigenvalue weighted by Crippen LogP contribution is 2.19. The number of ether oxygens (including phenoxy) is 1. The molecule has 1 aliphatic carbocycles. The van der Waals surface area contributed by atoms with Gasteiger partial charge in [-0.2, -0.15) is 4.72 Å². The molecular weight excluding hydrogens is 280 g/mol. The van der Waals surface area contributed by atoms with Crippen LogP contribution in [0.5, 0.6) is 5.75 Å². The second-order valence-electron chi connectivity index (χ2n) is 4.80. The van der Waals surface area contributed by atoms with E-state index >= 15 is 0 Å². The van der Waals surface area contributed by atoms with Crippen LogP contribution < -0.4 is 14.8 Å². The molecule has 0 heterocycles. The molecule has 1 amide bonds. The molecule has 6 nitrogen and oxygen atoms in total. The molecule has 0 saturated heterocycles. The first-order valence-electron chi connectivity index (χ1n) is 6.39. The lowest BCUT2D eigenvalue weighted by Crippen LogP contribution is -2.45. The number of carbonyl (C=O) groups excluding carboxylic acids is 1. The first-order valence-corrected chi connectivity index (χ1v) is 7.87. The Balaban J connectivity index is 2.03. The molecule has 1 aromatic carbocycles. The summed E-state index contributed by atoms with van der Waals surface area (Å²) < 4.78 is 31.6. The van der Waals surface area contributed by atoms with Gasteiger partial charge in [0, 0.05) is 6.04 Å². The van der Waals surface area contributed by atoms with Crippen molar-refractivity contribution in [2.45, 2.75) is 36.7 Å². The fourth-order valence-corrected chi connectivity index (χ4v) is 2.87. The maximum atomic E-state index is 12.1. The molecule has 0 aliphatic heterocycles. The number of carbonyl (C=O) groups is 1. The zero-order chi connectivity index (χ0) is 14.8. The third-order valence-corrected chi connectivity index (χ3v) is 4.58. The number of nitrogens with one attached hydrogen (secondary N) is 2. The van der Waals surface area contributed by atoms with Gasteiger partial charge >= 0.3 is 0 Å². The molecule has 1 fully saturated rings. The van der Waals surface area contributed by atoms with E-state index in [1.165, 1.54) is 26.2 Å². The van der Waals surface area contributed by atoms with Gasteiger partial charge in [-0.15, -0.1) is 0 Å². The van der Waals surface area contributed by atoms with E-state index < -0.39 is 16.1 Å². The summed E-state index contributed by atoms with van der Waals surface area (Å²) in [4.78, 5) is 11.8. The lowest BCUT2D eigenvalue weighted by atomic mass is 10.3. The van der Waals surface area contributed by atoms with E-state index in [0.29, 0.717) is 5.75 Å². The summed E-state index contributed by atoms with van der Waals surface area (Å²) >= 11 is 0. The summed E-state index contributed by atoms with van der Waals surface area (Å²) in [5.41, 5.74) is 0. The van der Waals surface area contributed by atoms with Crippen LogP contribution in [-0.2, 0) is 14.8 Å². The summed E-state index contributed by atoms with van der Waals surface area (Å²) in [6.07, 6.45) is 1.92. The average molecular weight is 298 g/mol. The summed E-state index contributed by atoms with van der Waals surface area (Å²) in [6.45, 7) is 1.53. The van der Waals surface area contributed by atoms with Crippen molar-refractivity contribution in [3.8, 4) is 5.75 Å². The Morgan fingerprint density at radius 3 is 2.40 bits per heavy atom. The van der Waals surface area contributed by atoms with Crippen molar-refractivity contribution in [1.82, 2.24) is 10.0 Å². The molecule has 7 heteroatoms.